The number of rotatable bonds is 3. The van der Waals surface area contributed by atoms with Crippen molar-refractivity contribution < 1.29 is 13.2 Å². The maximum Gasteiger partial charge on any atom is 0.406 e. The van der Waals surface area contributed by atoms with Crippen LogP contribution in [0.3, 0.4) is 0 Å². The Morgan fingerprint density at radius 3 is 2.80 bits per heavy atom. The van der Waals surface area contributed by atoms with Crippen molar-refractivity contribution in [3.8, 4) is 0 Å². The molecule has 1 aliphatic rings. The molecule has 1 saturated heterocycles. The Labute approximate surface area is 168 Å². The van der Waals surface area contributed by atoms with E-state index in [0.29, 0.717) is 24.3 Å². The highest BCUT2D eigenvalue weighted by molar-refractivity contribution is 5.77. The summed E-state index contributed by atoms with van der Waals surface area (Å²) in [5.41, 5.74) is 0.448. The van der Waals surface area contributed by atoms with Crippen LogP contribution < -0.4 is 10.5 Å². The van der Waals surface area contributed by atoms with Crippen LogP contribution in [0.15, 0.2) is 53.7 Å². The van der Waals surface area contributed by atoms with Crippen molar-refractivity contribution in [3.05, 3.63) is 65.1 Å². The number of aromatic nitrogens is 5. The molecule has 1 aliphatic heterocycles. The predicted octanol–water partition coefficient (Wildman–Crippen LogP) is 3.34. The molecular formula is C20H17F3N6O. The highest BCUT2D eigenvalue weighted by Crippen LogP contribution is 2.36. The molecule has 4 aromatic rings. The SMILES string of the molecule is O=c1c2ccccc2nc(C2CCCN2c2nccn3nccc23)n1CC(F)(F)F. The molecule has 1 aromatic carbocycles. The van der Waals surface area contributed by atoms with E-state index in [1.807, 2.05) is 4.90 Å². The number of hydrogen-bond donors (Lipinski definition) is 0. The fourth-order valence-electron chi connectivity index (χ4n) is 4.12. The van der Waals surface area contributed by atoms with Gasteiger partial charge in [0.05, 0.1) is 23.1 Å². The smallest absolute Gasteiger partial charge is 0.345 e. The molecule has 10 heteroatoms. The van der Waals surface area contributed by atoms with Gasteiger partial charge in [0.25, 0.3) is 5.56 Å². The summed E-state index contributed by atoms with van der Waals surface area (Å²) in [7, 11) is 0. The van der Waals surface area contributed by atoms with Gasteiger partial charge in [-0.25, -0.2) is 14.5 Å². The molecule has 0 N–H and O–H groups in total. The lowest BCUT2D eigenvalue weighted by atomic mass is 10.1. The molecule has 1 unspecified atom stereocenters. The Morgan fingerprint density at radius 1 is 1.13 bits per heavy atom. The third-order valence-electron chi connectivity index (χ3n) is 5.36. The number of halogens is 3. The minimum absolute atomic E-state index is 0.108. The summed E-state index contributed by atoms with van der Waals surface area (Å²) in [5, 5.41) is 4.37. The van der Waals surface area contributed by atoms with E-state index >= 15 is 0 Å². The first-order chi connectivity index (χ1) is 14.4. The van der Waals surface area contributed by atoms with Crippen LogP contribution in [0.4, 0.5) is 19.0 Å². The standard InChI is InChI=1S/C20H17F3N6O/c21-20(22,23)12-28-18(26-14-5-2-1-4-13(14)19(28)30)15-6-3-10-27(15)17-16-7-8-25-29(16)11-9-24-17/h1-2,4-5,7-9,11,15H,3,6,10,12H2. The Kier molecular flexibility index (Phi) is 4.23. The molecule has 0 spiro atoms. The Balaban J connectivity index is 1.70. The van der Waals surface area contributed by atoms with Crippen molar-refractivity contribution in [2.24, 2.45) is 0 Å². The average molecular weight is 414 g/mol. The lowest BCUT2D eigenvalue weighted by molar-refractivity contribution is -0.141. The number of nitrogens with zero attached hydrogens (tertiary/aromatic N) is 6. The Hall–Kier alpha value is -3.43. The molecule has 0 amide bonds. The van der Waals surface area contributed by atoms with E-state index in [1.165, 1.54) is 6.07 Å². The molecule has 7 nitrogen and oxygen atoms in total. The molecule has 5 rings (SSSR count). The van der Waals surface area contributed by atoms with Gasteiger partial charge in [-0.3, -0.25) is 9.36 Å². The molecule has 0 aliphatic carbocycles. The number of anilines is 1. The van der Waals surface area contributed by atoms with Crippen LogP contribution in [0.1, 0.15) is 24.7 Å². The molecule has 1 fully saturated rings. The van der Waals surface area contributed by atoms with Gasteiger partial charge >= 0.3 is 6.18 Å². The largest absolute Gasteiger partial charge is 0.406 e. The lowest BCUT2D eigenvalue weighted by Gasteiger charge is -2.28. The monoisotopic (exact) mass is 414 g/mol. The third kappa shape index (κ3) is 3.08. The van der Waals surface area contributed by atoms with E-state index in [4.69, 9.17) is 0 Å². The van der Waals surface area contributed by atoms with Crippen LogP contribution in [0.25, 0.3) is 16.4 Å². The van der Waals surface area contributed by atoms with Gasteiger partial charge in [0.1, 0.15) is 17.9 Å². The molecular weight excluding hydrogens is 397 g/mol. The summed E-state index contributed by atoms with van der Waals surface area (Å²) in [6.07, 6.45) is 1.71. The van der Waals surface area contributed by atoms with E-state index in [9.17, 15) is 18.0 Å². The topological polar surface area (TPSA) is 68.3 Å². The molecule has 0 saturated carbocycles. The fraction of sp³-hybridized carbons (Fsp3) is 0.300. The van der Waals surface area contributed by atoms with E-state index in [2.05, 4.69) is 15.1 Å². The van der Waals surface area contributed by atoms with E-state index < -0.39 is 24.3 Å². The van der Waals surface area contributed by atoms with Crippen LogP contribution in [-0.2, 0) is 6.54 Å². The van der Waals surface area contributed by atoms with Crippen LogP contribution in [0, 0.1) is 0 Å². The Morgan fingerprint density at radius 2 is 1.97 bits per heavy atom. The summed E-state index contributed by atoms with van der Waals surface area (Å²) in [5.74, 6) is 0.718. The molecule has 1 atom stereocenters. The lowest BCUT2D eigenvalue weighted by Crippen LogP contribution is -2.36. The van der Waals surface area contributed by atoms with Crippen molar-refractivity contribution in [1.82, 2.24) is 24.1 Å². The van der Waals surface area contributed by atoms with Crippen LogP contribution in [-0.4, -0.2) is 36.9 Å². The first-order valence-electron chi connectivity index (χ1n) is 9.53. The summed E-state index contributed by atoms with van der Waals surface area (Å²) in [4.78, 5) is 23.9. The normalized spacial score (nSPS) is 17.3. The summed E-state index contributed by atoms with van der Waals surface area (Å²) in [6.45, 7) is -0.787. The van der Waals surface area contributed by atoms with Gasteiger partial charge in [0, 0.05) is 18.9 Å². The van der Waals surface area contributed by atoms with Gasteiger partial charge in [0.15, 0.2) is 5.82 Å². The number of alkyl halides is 3. The molecule has 4 heterocycles. The number of fused-ring (bicyclic) bond motifs is 2. The van der Waals surface area contributed by atoms with Crippen LogP contribution in [0.5, 0.6) is 0 Å². The average Bonchev–Trinajstić information content (AvgIpc) is 3.38. The fourth-order valence-corrected chi connectivity index (χ4v) is 4.12. The Bertz CT molecular complexity index is 1300. The van der Waals surface area contributed by atoms with Gasteiger partial charge in [-0.15, -0.1) is 0 Å². The van der Waals surface area contributed by atoms with Gasteiger partial charge in [0.2, 0.25) is 0 Å². The zero-order valence-electron chi connectivity index (χ0n) is 15.8. The molecule has 3 aromatic heterocycles. The molecule has 30 heavy (non-hydrogen) atoms. The molecule has 0 bridgehead atoms. The van der Waals surface area contributed by atoms with E-state index in [-0.39, 0.29) is 11.2 Å². The second kappa shape index (κ2) is 6.82. The molecule has 0 radical (unpaired) electrons. The van der Waals surface area contributed by atoms with Crippen molar-refractivity contribution in [3.63, 3.8) is 0 Å². The van der Waals surface area contributed by atoms with Crippen molar-refractivity contribution >= 4 is 22.2 Å². The first kappa shape index (κ1) is 18.6. The van der Waals surface area contributed by atoms with Gasteiger partial charge in [-0.05, 0) is 31.0 Å². The third-order valence-corrected chi connectivity index (χ3v) is 5.36. The van der Waals surface area contributed by atoms with Gasteiger partial charge in [-0.2, -0.15) is 18.3 Å². The van der Waals surface area contributed by atoms with Crippen molar-refractivity contribution in [2.75, 3.05) is 11.4 Å². The number of para-hydroxylation sites is 1. The maximum absolute atomic E-state index is 13.4. The van der Waals surface area contributed by atoms with Crippen molar-refractivity contribution in [1.29, 1.82) is 0 Å². The van der Waals surface area contributed by atoms with E-state index in [1.54, 1.807) is 47.4 Å². The first-order valence-corrected chi connectivity index (χ1v) is 9.53. The second-order valence-corrected chi connectivity index (χ2v) is 7.26. The summed E-state index contributed by atoms with van der Waals surface area (Å²) < 4.78 is 42.5. The van der Waals surface area contributed by atoms with E-state index in [0.717, 1.165) is 16.5 Å². The highest BCUT2D eigenvalue weighted by Gasteiger charge is 2.36. The van der Waals surface area contributed by atoms with Gasteiger partial charge < -0.3 is 4.90 Å². The van der Waals surface area contributed by atoms with Gasteiger partial charge in [-0.1, -0.05) is 12.1 Å². The summed E-state index contributed by atoms with van der Waals surface area (Å²) in [6, 6.07) is 7.78. The minimum atomic E-state index is -4.55. The summed E-state index contributed by atoms with van der Waals surface area (Å²) >= 11 is 0. The predicted molar refractivity (Wildman–Crippen MR) is 104 cm³/mol. The number of hydrogen-bond acceptors (Lipinski definition) is 5. The van der Waals surface area contributed by atoms with Crippen LogP contribution in [0.2, 0.25) is 0 Å². The molecule has 154 valence electrons. The highest BCUT2D eigenvalue weighted by atomic mass is 19.4. The zero-order valence-corrected chi connectivity index (χ0v) is 15.8. The maximum atomic E-state index is 13.4. The second-order valence-electron chi connectivity index (χ2n) is 7.26. The van der Waals surface area contributed by atoms with Crippen LogP contribution >= 0.6 is 0 Å². The quantitative estimate of drug-likeness (QED) is 0.514. The minimum Gasteiger partial charge on any atom is -0.345 e. The number of benzene rings is 1. The van der Waals surface area contributed by atoms with Crippen molar-refractivity contribution in [2.45, 2.75) is 31.6 Å². The zero-order chi connectivity index (χ0) is 20.9.